The highest BCUT2D eigenvalue weighted by atomic mass is 31.2. The molecule has 0 aliphatic rings. The van der Waals surface area contributed by atoms with Gasteiger partial charge in [-0.3, -0.25) is 0 Å². The third-order valence-corrected chi connectivity index (χ3v) is 11.5. The van der Waals surface area contributed by atoms with Gasteiger partial charge in [-0.15, -0.1) is 0 Å². The third kappa shape index (κ3) is 5.74. The number of hydrogen-bond acceptors (Lipinski definition) is 1. The van der Waals surface area contributed by atoms with Crippen LogP contribution in [0.2, 0.25) is 19.6 Å². The van der Waals surface area contributed by atoms with Crippen LogP contribution in [0.5, 0.6) is 0 Å². The van der Waals surface area contributed by atoms with Crippen LogP contribution in [-0.2, 0) is 4.43 Å². The number of hydrogen-bond donors (Lipinski definition) is 0. The fourth-order valence-corrected chi connectivity index (χ4v) is 10.6. The van der Waals surface area contributed by atoms with Crippen molar-refractivity contribution in [2.45, 2.75) is 46.5 Å². The standard InChI is InChI=1S/C28H38OPSi/c1-23(2)28(29-31(4,5)6)24(3)22-30(25-16-10-7-11-17-25,26-18-12-8-13-19-26)27-20-14-9-15-21-27/h7-21,23-24,28H,22H2,1-6H3/q+1/t24-,28+/m0/s1/i22+2. The first kappa shape index (κ1) is 23.9. The smallest absolute Gasteiger partial charge is 0.184 e. The zero-order chi connectivity index (χ0) is 22.5. The molecule has 1 nitrogen and oxygen atoms in total. The molecule has 0 saturated carbocycles. The molecule has 31 heavy (non-hydrogen) atoms. The minimum Gasteiger partial charge on any atom is -0.414 e. The van der Waals surface area contributed by atoms with Gasteiger partial charge in [0, 0.05) is 5.92 Å². The molecule has 3 heteroatoms. The molecule has 0 aromatic heterocycles. The van der Waals surface area contributed by atoms with E-state index in [9.17, 15) is 0 Å². The molecule has 0 fully saturated rings. The van der Waals surface area contributed by atoms with Gasteiger partial charge in [-0.05, 0) is 62.0 Å². The first-order valence-electron chi connectivity index (χ1n) is 11.5. The quantitative estimate of drug-likeness (QED) is 0.267. The first-order chi connectivity index (χ1) is 14.7. The lowest BCUT2D eigenvalue weighted by Crippen LogP contribution is -2.43. The molecule has 0 spiro atoms. The molecule has 2 atom stereocenters. The molecule has 3 aromatic carbocycles. The highest BCUT2D eigenvalue weighted by Crippen LogP contribution is 2.57. The number of benzene rings is 3. The molecule has 3 aromatic rings. The normalized spacial score (nSPS) is 14.4. The molecule has 0 aliphatic heterocycles. The lowest BCUT2D eigenvalue weighted by Gasteiger charge is -2.37. The van der Waals surface area contributed by atoms with Gasteiger partial charge < -0.3 is 4.43 Å². The van der Waals surface area contributed by atoms with E-state index in [1.165, 1.54) is 15.9 Å². The summed E-state index contributed by atoms with van der Waals surface area (Å²) in [6.45, 7) is 14.0. The van der Waals surface area contributed by atoms with Crippen molar-refractivity contribution in [3.8, 4) is 0 Å². The Kier molecular flexibility index (Phi) is 7.91. The Hall–Kier alpha value is -1.73. The van der Waals surface area contributed by atoms with E-state index in [1.54, 1.807) is 0 Å². The lowest BCUT2D eigenvalue weighted by atomic mass is 10.0. The molecule has 0 bridgehead atoms. The average Bonchev–Trinajstić information content (AvgIpc) is 2.77. The Morgan fingerprint density at radius 3 is 1.29 bits per heavy atom. The van der Waals surface area contributed by atoms with E-state index in [1.807, 2.05) is 0 Å². The van der Waals surface area contributed by atoms with Gasteiger partial charge in [0.1, 0.15) is 23.2 Å². The fourth-order valence-electron chi connectivity index (χ4n) is 4.66. The Bertz CT molecular complexity index is 823. The van der Waals surface area contributed by atoms with Crippen molar-refractivity contribution in [1.29, 1.82) is 0 Å². The maximum atomic E-state index is 6.77. The largest absolute Gasteiger partial charge is 0.414 e. The number of rotatable bonds is 9. The average molecular weight is 452 g/mol. The summed E-state index contributed by atoms with van der Waals surface area (Å²) < 4.78 is 6.77. The Morgan fingerprint density at radius 2 is 1.00 bits per heavy atom. The highest BCUT2D eigenvalue weighted by molar-refractivity contribution is 7.95. The van der Waals surface area contributed by atoms with Gasteiger partial charge in [-0.25, -0.2) is 0 Å². The van der Waals surface area contributed by atoms with Gasteiger partial charge in [0.2, 0.25) is 0 Å². The fraction of sp³-hybridized carbons (Fsp3) is 0.357. The second-order valence-electron chi connectivity index (χ2n) is 9.92. The monoisotopic (exact) mass is 451 g/mol. The van der Waals surface area contributed by atoms with Gasteiger partial charge in [-0.2, -0.15) is 0 Å². The maximum Gasteiger partial charge on any atom is 0.184 e. The zero-order valence-electron chi connectivity index (χ0n) is 20.0. The van der Waals surface area contributed by atoms with Gasteiger partial charge in [0.25, 0.3) is 0 Å². The van der Waals surface area contributed by atoms with E-state index >= 15 is 0 Å². The highest BCUT2D eigenvalue weighted by Gasteiger charge is 2.48. The van der Waals surface area contributed by atoms with E-state index in [2.05, 4.69) is 131 Å². The summed E-state index contributed by atoms with van der Waals surface area (Å²) in [5.74, 6) is 0.937. The lowest BCUT2D eigenvalue weighted by molar-refractivity contribution is 0.0993. The van der Waals surface area contributed by atoms with Crippen molar-refractivity contribution in [2.24, 2.45) is 11.8 Å². The Morgan fingerprint density at radius 1 is 0.645 bits per heavy atom. The van der Waals surface area contributed by atoms with Crippen molar-refractivity contribution >= 4 is 31.5 Å². The molecule has 0 unspecified atom stereocenters. The molecular formula is C28H38OPSi+. The van der Waals surface area contributed by atoms with Gasteiger partial charge in [0.15, 0.2) is 8.32 Å². The Labute approximate surface area is 191 Å². The van der Waals surface area contributed by atoms with Crippen LogP contribution < -0.4 is 15.9 Å². The minimum absolute atomic E-state index is 0.266. The predicted octanol–water partition coefficient (Wildman–Crippen LogP) is 6.49. The maximum absolute atomic E-state index is 6.77. The van der Waals surface area contributed by atoms with Gasteiger partial charge in [0.05, 0.1) is 12.3 Å². The molecule has 0 radical (unpaired) electrons. The molecule has 164 valence electrons. The van der Waals surface area contributed by atoms with E-state index in [4.69, 9.17) is 4.43 Å². The zero-order valence-corrected chi connectivity index (χ0v) is 21.8. The molecule has 0 heterocycles. The van der Waals surface area contributed by atoms with Crippen molar-refractivity contribution in [3.63, 3.8) is 0 Å². The van der Waals surface area contributed by atoms with Gasteiger partial charge in [-0.1, -0.05) is 75.4 Å². The Balaban J connectivity index is 2.18. The summed E-state index contributed by atoms with van der Waals surface area (Å²) in [5, 5.41) is 4.36. The van der Waals surface area contributed by atoms with Crippen molar-refractivity contribution < 1.29 is 4.43 Å². The van der Waals surface area contributed by atoms with Crippen LogP contribution in [0.3, 0.4) is 0 Å². The summed E-state index contributed by atoms with van der Waals surface area (Å²) in [5.41, 5.74) is 0. The summed E-state index contributed by atoms with van der Waals surface area (Å²) in [6, 6.07) is 33.6. The molecule has 0 amide bonds. The summed E-state index contributed by atoms with van der Waals surface area (Å²) in [6.07, 6.45) is 1.38. The van der Waals surface area contributed by atoms with Crippen LogP contribution in [-0.4, -0.2) is 20.6 Å². The summed E-state index contributed by atoms with van der Waals surface area (Å²) >= 11 is 0. The van der Waals surface area contributed by atoms with Crippen LogP contribution in [0.15, 0.2) is 91.0 Å². The van der Waals surface area contributed by atoms with E-state index < -0.39 is 15.6 Å². The predicted molar refractivity (Wildman–Crippen MR) is 142 cm³/mol. The van der Waals surface area contributed by atoms with Crippen LogP contribution in [0, 0.1) is 11.8 Å². The second kappa shape index (κ2) is 10.3. The minimum atomic E-state index is -1.83. The van der Waals surface area contributed by atoms with Gasteiger partial charge >= 0.3 is 0 Å². The van der Waals surface area contributed by atoms with Crippen LogP contribution in [0.1, 0.15) is 20.8 Å². The van der Waals surface area contributed by atoms with Crippen molar-refractivity contribution in [3.05, 3.63) is 91.0 Å². The van der Waals surface area contributed by atoms with E-state index in [-0.39, 0.29) is 6.10 Å². The van der Waals surface area contributed by atoms with Crippen LogP contribution >= 0.6 is 7.26 Å². The molecule has 0 saturated heterocycles. The topological polar surface area (TPSA) is 9.23 Å². The van der Waals surface area contributed by atoms with Crippen LogP contribution in [0.4, 0.5) is 0 Å². The molecule has 0 N–H and O–H groups in total. The van der Waals surface area contributed by atoms with Crippen molar-refractivity contribution in [2.75, 3.05) is 6.16 Å². The summed E-state index contributed by atoms with van der Waals surface area (Å²) in [4.78, 5) is 0. The molecular weight excluding hydrogens is 413 g/mol. The second-order valence-corrected chi connectivity index (χ2v) is 17.9. The molecule has 3 rings (SSSR count). The third-order valence-electron chi connectivity index (χ3n) is 5.86. The van der Waals surface area contributed by atoms with Crippen molar-refractivity contribution in [1.82, 2.24) is 0 Å². The SMILES string of the molecule is CC(C)[C@@H](O[Si](C)(C)C)[C@@H](C)[14CH2][P+](c1ccccc1)(c1ccccc1)c1ccccc1. The summed E-state index contributed by atoms with van der Waals surface area (Å²) in [7, 11) is -3.48. The van der Waals surface area contributed by atoms with Crippen LogP contribution in [0.25, 0.3) is 0 Å². The molecule has 0 aliphatic carbocycles. The van der Waals surface area contributed by atoms with E-state index in [0.29, 0.717) is 11.8 Å². The van der Waals surface area contributed by atoms with E-state index in [0.717, 1.165) is 6.16 Å². The first-order valence-corrected chi connectivity index (χ1v) is 16.8.